The Morgan fingerprint density at radius 2 is 0.913 bits per heavy atom. The molecule has 0 aliphatic heterocycles. The summed E-state index contributed by atoms with van der Waals surface area (Å²) >= 11 is 0. The second kappa shape index (κ2) is 16.3. The Bertz CT molecular complexity index is 1410. The maximum atomic E-state index is 12.4. The third kappa shape index (κ3) is 9.45. The van der Waals surface area contributed by atoms with Gasteiger partial charge in [0, 0.05) is 5.41 Å². The molecule has 4 atom stereocenters. The molecule has 0 heterocycles. The Kier molecular flexibility index (Phi) is 13.6. The zero-order valence-electron chi connectivity index (χ0n) is 29.6. The van der Waals surface area contributed by atoms with E-state index in [2.05, 4.69) is 13.8 Å². The Morgan fingerprint density at radius 3 is 1.35 bits per heavy atom. The summed E-state index contributed by atoms with van der Waals surface area (Å²) < 4.78 is 0. The van der Waals surface area contributed by atoms with Crippen molar-refractivity contribution in [2.75, 3.05) is 0 Å². The first kappa shape index (κ1) is 38.5. The van der Waals surface area contributed by atoms with Gasteiger partial charge in [-0.2, -0.15) is 0 Å². The standard InChI is InChI=1S/C41H54O5/c1-26(18-14-20-28(3)22-24-33-30(5)35(42)37(44)32(7)40(33,8)9)16-12-13-17-27(2)19-15-21-29(4)23-25-34-31(6)36(43)38(45)39(46)41(34,10)11/h12-25,32,37-39,44-46H,1-11H3/b13-12+,18-14+,19-15+,24-22+,25-23+,26-16+,27-17+,28-20+,29-21+. The van der Waals surface area contributed by atoms with Crippen LogP contribution in [0.25, 0.3) is 0 Å². The molecule has 0 spiro atoms. The number of aliphatic hydroxyl groups is 3. The summed E-state index contributed by atoms with van der Waals surface area (Å²) in [6.07, 6.45) is 24.4. The van der Waals surface area contributed by atoms with Crippen molar-refractivity contribution >= 4 is 11.6 Å². The van der Waals surface area contributed by atoms with E-state index in [0.717, 1.165) is 33.4 Å². The smallest absolute Gasteiger partial charge is 0.189 e. The molecule has 0 aromatic carbocycles. The molecule has 0 aromatic heterocycles. The van der Waals surface area contributed by atoms with Gasteiger partial charge in [-0.3, -0.25) is 9.59 Å². The predicted octanol–water partition coefficient (Wildman–Crippen LogP) is 8.12. The van der Waals surface area contributed by atoms with Gasteiger partial charge < -0.3 is 15.3 Å². The fourth-order valence-electron chi connectivity index (χ4n) is 5.69. The van der Waals surface area contributed by atoms with Crippen molar-refractivity contribution in [2.24, 2.45) is 16.7 Å². The van der Waals surface area contributed by atoms with E-state index in [-0.39, 0.29) is 17.1 Å². The summed E-state index contributed by atoms with van der Waals surface area (Å²) in [5.41, 5.74) is 6.04. The number of allylic oxidation sites excluding steroid dienone is 19. The molecule has 0 bridgehead atoms. The summed E-state index contributed by atoms with van der Waals surface area (Å²) in [6.45, 7) is 21.3. The van der Waals surface area contributed by atoms with E-state index in [9.17, 15) is 24.9 Å². The molecule has 0 saturated carbocycles. The maximum Gasteiger partial charge on any atom is 0.189 e. The number of ketones is 2. The maximum absolute atomic E-state index is 12.4. The van der Waals surface area contributed by atoms with Crippen LogP contribution in [0.5, 0.6) is 0 Å². The van der Waals surface area contributed by atoms with E-state index >= 15 is 0 Å². The number of hydrogen-bond acceptors (Lipinski definition) is 5. The summed E-state index contributed by atoms with van der Waals surface area (Å²) in [4.78, 5) is 24.7. The Hall–Kier alpha value is -3.64. The molecule has 46 heavy (non-hydrogen) atoms. The number of carbonyl (C=O) groups excluding carboxylic acids is 2. The normalized spacial score (nSPS) is 27.3. The van der Waals surface area contributed by atoms with Crippen LogP contribution >= 0.6 is 0 Å². The van der Waals surface area contributed by atoms with Crippen LogP contribution in [0, 0.1) is 16.7 Å². The first-order chi connectivity index (χ1) is 21.3. The molecule has 0 saturated heterocycles. The molecular weight excluding hydrogens is 572 g/mol. The van der Waals surface area contributed by atoms with E-state index in [4.69, 9.17) is 0 Å². The van der Waals surface area contributed by atoms with Gasteiger partial charge >= 0.3 is 0 Å². The van der Waals surface area contributed by atoms with Gasteiger partial charge in [-0.1, -0.05) is 142 Å². The lowest BCUT2D eigenvalue weighted by molar-refractivity contribution is -0.135. The second-order valence-electron chi connectivity index (χ2n) is 13.8. The molecular formula is C41H54O5. The first-order valence-corrected chi connectivity index (χ1v) is 16.0. The van der Waals surface area contributed by atoms with E-state index in [1.54, 1.807) is 13.8 Å². The first-order valence-electron chi connectivity index (χ1n) is 16.0. The average molecular weight is 627 g/mol. The highest BCUT2D eigenvalue weighted by Crippen LogP contribution is 2.44. The van der Waals surface area contributed by atoms with Crippen molar-refractivity contribution in [3.8, 4) is 0 Å². The van der Waals surface area contributed by atoms with Crippen LogP contribution in [0.2, 0.25) is 0 Å². The van der Waals surface area contributed by atoms with Gasteiger partial charge in [-0.05, 0) is 75.2 Å². The molecule has 0 radical (unpaired) electrons. The lowest BCUT2D eigenvalue weighted by Crippen LogP contribution is -2.49. The van der Waals surface area contributed by atoms with Crippen molar-refractivity contribution < 1.29 is 24.9 Å². The van der Waals surface area contributed by atoms with Gasteiger partial charge in [0.2, 0.25) is 0 Å². The fourth-order valence-corrected chi connectivity index (χ4v) is 5.69. The highest BCUT2D eigenvalue weighted by molar-refractivity contribution is 6.01. The lowest BCUT2D eigenvalue weighted by Gasteiger charge is -2.41. The number of hydrogen-bond donors (Lipinski definition) is 3. The molecule has 3 N–H and O–H groups in total. The summed E-state index contributed by atoms with van der Waals surface area (Å²) in [6, 6.07) is 0. The van der Waals surface area contributed by atoms with Crippen LogP contribution in [-0.4, -0.2) is 45.2 Å². The molecule has 0 aromatic rings. The molecule has 248 valence electrons. The van der Waals surface area contributed by atoms with E-state index in [1.165, 1.54) is 0 Å². The van der Waals surface area contributed by atoms with Gasteiger partial charge in [-0.15, -0.1) is 0 Å². The molecule has 4 unspecified atom stereocenters. The van der Waals surface area contributed by atoms with Crippen molar-refractivity contribution in [3.05, 3.63) is 130 Å². The Balaban J connectivity index is 1.98. The predicted molar refractivity (Wildman–Crippen MR) is 191 cm³/mol. The van der Waals surface area contributed by atoms with Crippen molar-refractivity contribution in [3.63, 3.8) is 0 Å². The molecule has 0 fully saturated rings. The van der Waals surface area contributed by atoms with Crippen LogP contribution in [0.1, 0.15) is 76.2 Å². The van der Waals surface area contributed by atoms with Crippen LogP contribution in [0.3, 0.4) is 0 Å². The second-order valence-corrected chi connectivity index (χ2v) is 13.8. The monoisotopic (exact) mass is 626 g/mol. The van der Waals surface area contributed by atoms with Crippen LogP contribution in [-0.2, 0) is 9.59 Å². The summed E-state index contributed by atoms with van der Waals surface area (Å²) in [5.74, 6) is -0.761. The zero-order chi connectivity index (χ0) is 35.0. The molecule has 2 aliphatic carbocycles. The highest BCUT2D eigenvalue weighted by Gasteiger charge is 2.45. The van der Waals surface area contributed by atoms with E-state index in [0.29, 0.717) is 11.1 Å². The van der Waals surface area contributed by atoms with E-state index in [1.807, 2.05) is 134 Å². The third-order valence-electron chi connectivity index (χ3n) is 9.41. The Labute approximate surface area is 276 Å². The zero-order valence-corrected chi connectivity index (χ0v) is 29.6. The van der Waals surface area contributed by atoms with Crippen molar-refractivity contribution in [1.29, 1.82) is 0 Å². The lowest BCUT2D eigenvalue weighted by atomic mass is 9.64. The van der Waals surface area contributed by atoms with Gasteiger partial charge in [0.25, 0.3) is 0 Å². The van der Waals surface area contributed by atoms with Crippen molar-refractivity contribution in [2.45, 2.75) is 94.5 Å². The molecule has 5 nitrogen and oxygen atoms in total. The minimum Gasteiger partial charge on any atom is -0.389 e. The third-order valence-corrected chi connectivity index (χ3v) is 9.41. The number of rotatable bonds is 10. The Morgan fingerprint density at radius 1 is 0.565 bits per heavy atom. The van der Waals surface area contributed by atoms with Crippen LogP contribution in [0.4, 0.5) is 0 Å². The molecule has 0 amide bonds. The average Bonchev–Trinajstić information content (AvgIpc) is 2.99. The number of aliphatic hydroxyl groups excluding tert-OH is 3. The fraction of sp³-hybridized carbons (Fsp3) is 0.415. The quantitative estimate of drug-likeness (QED) is 0.213. The summed E-state index contributed by atoms with van der Waals surface area (Å²) in [5, 5.41) is 30.7. The number of carbonyl (C=O) groups is 2. The topological polar surface area (TPSA) is 94.8 Å². The van der Waals surface area contributed by atoms with Gasteiger partial charge in [0.05, 0.1) is 6.10 Å². The summed E-state index contributed by atoms with van der Waals surface area (Å²) in [7, 11) is 0. The minimum atomic E-state index is -1.38. The SMILES string of the molecule is CC1=C(/C=C/C(C)=C/C=C/C(C)=C/C=C/C=C(C)/C=C/C=C(C)/C=C/C2=C(C)C(=O)C(O)C(O)C2(C)C)C(C)(C)C(C)C(O)C1=O. The molecule has 2 rings (SSSR count). The van der Waals surface area contributed by atoms with Crippen molar-refractivity contribution in [1.82, 2.24) is 0 Å². The largest absolute Gasteiger partial charge is 0.389 e. The molecule has 5 heteroatoms. The minimum absolute atomic E-state index is 0.150. The highest BCUT2D eigenvalue weighted by atomic mass is 16.3. The van der Waals surface area contributed by atoms with Gasteiger partial charge in [0.15, 0.2) is 11.6 Å². The van der Waals surface area contributed by atoms with Crippen LogP contribution in [0.15, 0.2) is 130 Å². The number of Topliss-reactive ketones (excluding diaryl/α,β-unsaturated/α-hetero) is 2. The van der Waals surface area contributed by atoms with E-state index < -0.39 is 29.5 Å². The van der Waals surface area contributed by atoms with Crippen LogP contribution < -0.4 is 0 Å². The van der Waals surface area contributed by atoms with Gasteiger partial charge in [0.1, 0.15) is 12.2 Å². The molecule has 2 aliphatic rings. The van der Waals surface area contributed by atoms with Gasteiger partial charge in [-0.25, -0.2) is 0 Å².